The van der Waals surface area contributed by atoms with Crippen molar-refractivity contribution in [2.45, 2.75) is 6.42 Å². The van der Waals surface area contributed by atoms with Crippen molar-refractivity contribution in [1.82, 2.24) is 0 Å². The average molecular weight is 214 g/mol. The molecule has 0 radical (unpaired) electrons. The summed E-state index contributed by atoms with van der Waals surface area (Å²) in [4.78, 5) is 21.9. The smallest absolute Gasteiger partial charge is 0.292 e. The molecule has 72 valence electrons. The van der Waals surface area contributed by atoms with Crippen molar-refractivity contribution in [2.24, 2.45) is 0 Å². The van der Waals surface area contributed by atoms with Crippen molar-refractivity contribution in [3.63, 3.8) is 0 Å². The van der Waals surface area contributed by atoms with E-state index in [-0.39, 0.29) is 11.4 Å². The predicted octanol–water partition coefficient (Wildman–Crippen LogP) is 1.54. The van der Waals surface area contributed by atoms with Crippen molar-refractivity contribution in [3.05, 3.63) is 28.5 Å². The average Bonchev–Trinajstić information content (AvgIpc) is 2.11. The maximum Gasteiger partial charge on any atom is 0.292 e. The molecule has 14 heavy (non-hydrogen) atoms. The van der Waals surface area contributed by atoms with Crippen molar-refractivity contribution in [3.8, 4) is 0 Å². The van der Waals surface area contributed by atoms with E-state index in [1.54, 1.807) is 0 Å². The Kier molecular flexibility index (Phi) is 2.00. The largest absolute Gasteiger partial charge is 0.319 e. The second kappa shape index (κ2) is 3.06. The highest BCUT2D eigenvalue weighted by atomic mass is 35.5. The third-order valence-electron chi connectivity index (χ3n) is 2.00. The number of halogens is 2. The SMILES string of the molecule is O=C1Cc2cc(Cl)c(F)cc2NC1=O. The summed E-state index contributed by atoms with van der Waals surface area (Å²) >= 11 is 5.53. The first-order chi connectivity index (χ1) is 6.58. The highest BCUT2D eigenvalue weighted by molar-refractivity contribution is 6.42. The molecule has 5 heteroatoms. The molecular weight excluding hydrogens is 209 g/mol. The van der Waals surface area contributed by atoms with Crippen molar-refractivity contribution in [1.29, 1.82) is 0 Å². The molecular formula is C9H5ClFNO2. The zero-order chi connectivity index (χ0) is 10.3. The first-order valence-corrected chi connectivity index (χ1v) is 4.28. The van der Waals surface area contributed by atoms with E-state index in [0.29, 0.717) is 11.3 Å². The lowest BCUT2D eigenvalue weighted by molar-refractivity contribution is -0.134. The molecule has 0 aromatic heterocycles. The second-order valence-corrected chi connectivity index (χ2v) is 3.38. The molecule has 0 aliphatic carbocycles. The van der Waals surface area contributed by atoms with Gasteiger partial charge in [-0.05, 0) is 17.7 Å². The van der Waals surface area contributed by atoms with Gasteiger partial charge in [-0.25, -0.2) is 4.39 Å². The summed E-state index contributed by atoms with van der Waals surface area (Å²) in [6, 6.07) is 2.46. The minimum absolute atomic E-state index is 0.0266. The Hall–Kier alpha value is -1.42. The van der Waals surface area contributed by atoms with Crippen molar-refractivity contribution < 1.29 is 14.0 Å². The van der Waals surface area contributed by atoms with E-state index in [0.717, 1.165) is 6.07 Å². The minimum Gasteiger partial charge on any atom is -0.319 e. The summed E-state index contributed by atoms with van der Waals surface area (Å²) in [6.45, 7) is 0. The summed E-state index contributed by atoms with van der Waals surface area (Å²) < 4.78 is 13.0. The van der Waals surface area contributed by atoms with Crippen molar-refractivity contribution in [2.75, 3.05) is 5.32 Å². The van der Waals surface area contributed by atoms with Gasteiger partial charge in [-0.2, -0.15) is 0 Å². The van der Waals surface area contributed by atoms with Crippen LogP contribution in [-0.2, 0) is 16.0 Å². The fourth-order valence-electron chi connectivity index (χ4n) is 1.30. The van der Waals surface area contributed by atoms with E-state index in [9.17, 15) is 14.0 Å². The molecule has 0 saturated heterocycles. The van der Waals surface area contributed by atoms with Gasteiger partial charge in [0, 0.05) is 12.1 Å². The maximum absolute atomic E-state index is 13.0. The Bertz CT molecular complexity index is 404. The summed E-state index contributed by atoms with van der Waals surface area (Å²) in [6.07, 6.45) is -0.0266. The third kappa shape index (κ3) is 1.37. The number of hydrogen-bond donors (Lipinski definition) is 1. The lowest BCUT2D eigenvalue weighted by Crippen LogP contribution is -2.29. The number of rotatable bonds is 0. The van der Waals surface area contributed by atoms with Gasteiger partial charge in [0.15, 0.2) is 0 Å². The first kappa shape index (κ1) is 9.15. The Morgan fingerprint density at radius 2 is 2.07 bits per heavy atom. The number of carbonyl (C=O) groups excluding carboxylic acids is 2. The van der Waals surface area contributed by atoms with Crippen molar-refractivity contribution >= 4 is 29.0 Å². The molecule has 0 fully saturated rings. The van der Waals surface area contributed by atoms with Gasteiger partial charge in [0.25, 0.3) is 5.91 Å². The number of carbonyl (C=O) groups is 2. The Morgan fingerprint density at radius 1 is 1.36 bits per heavy atom. The first-order valence-electron chi connectivity index (χ1n) is 3.90. The summed E-state index contributed by atoms with van der Waals surface area (Å²) in [5.74, 6) is -1.86. The molecule has 1 amide bonds. The summed E-state index contributed by atoms with van der Waals surface area (Å²) in [5, 5.41) is 2.24. The maximum atomic E-state index is 13.0. The number of benzene rings is 1. The molecule has 0 atom stereocenters. The monoisotopic (exact) mass is 213 g/mol. The van der Waals surface area contributed by atoms with E-state index in [1.165, 1.54) is 6.07 Å². The normalized spacial score (nSPS) is 15.0. The Labute approximate surface area is 83.9 Å². The van der Waals surface area contributed by atoms with Crippen LogP contribution in [0, 0.1) is 5.82 Å². The molecule has 0 unspecified atom stereocenters. The number of amides is 1. The molecule has 1 aromatic carbocycles. The number of nitrogens with one attached hydrogen (secondary N) is 1. The lowest BCUT2D eigenvalue weighted by Gasteiger charge is -2.15. The topological polar surface area (TPSA) is 46.2 Å². The highest BCUT2D eigenvalue weighted by Crippen LogP contribution is 2.27. The molecule has 0 bridgehead atoms. The van der Waals surface area contributed by atoms with E-state index >= 15 is 0 Å². The van der Waals surface area contributed by atoms with Gasteiger partial charge in [-0.15, -0.1) is 0 Å². The molecule has 3 nitrogen and oxygen atoms in total. The number of hydrogen-bond acceptors (Lipinski definition) is 2. The molecule has 2 rings (SSSR count). The zero-order valence-electron chi connectivity index (χ0n) is 6.93. The Morgan fingerprint density at radius 3 is 2.79 bits per heavy atom. The van der Waals surface area contributed by atoms with Crippen LogP contribution < -0.4 is 5.32 Å². The molecule has 0 saturated carbocycles. The number of fused-ring (bicyclic) bond motifs is 1. The van der Waals surface area contributed by atoms with Gasteiger partial charge in [-0.3, -0.25) is 9.59 Å². The van der Waals surface area contributed by atoms with Gasteiger partial charge in [0.2, 0.25) is 5.78 Å². The van der Waals surface area contributed by atoms with E-state index in [2.05, 4.69) is 5.32 Å². The number of Topliss-reactive ketones (excluding diaryl/α,β-unsaturated/α-hetero) is 1. The van der Waals surface area contributed by atoms with Crippen LogP contribution in [0.3, 0.4) is 0 Å². The van der Waals surface area contributed by atoms with Crippen LogP contribution in [0.5, 0.6) is 0 Å². The van der Waals surface area contributed by atoms with Gasteiger partial charge in [0.1, 0.15) is 5.82 Å². The zero-order valence-corrected chi connectivity index (χ0v) is 7.69. The van der Waals surface area contributed by atoms with Crippen LogP contribution in [0.2, 0.25) is 5.02 Å². The van der Waals surface area contributed by atoms with E-state index in [4.69, 9.17) is 11.6 Å². The number of anilines is 1. The third-order valence-corrected chi connectivity index (χ3v) is 2.29. The molecule has 1 aliphatic heterocycles. The van der Waals surface area contributed by atoms with E-state index < -0.39 is 17.5 Å². The number of ketones is 1. The Balaban J connectivity index is 2.53. The second-order valence-electron chi connectivity index (χ2n) is 2.98. The van der Waals surface area contributed by atoms with Crippen LogP contribution in [0.1, 0.15) is 5.56 Å². The standard InChI is InChI=1S/C9H5ClFNO2/c10-5-1-4-2-8(13)9(14)12-7(4)3-6(5)11/h1,3H,2H2,(H,12,14). The van der Waals surface area contributed by atoms with Gasteiger partial charge in [-0.1, -0.05) is 11.6 Å². The van der Waals surface area contributed by atoms with Crippen LogP contribution >= 0.6 is 11.6 Å². The molecule has 1 aromatic rings. The van der Waals surface area contributed by atoms with Crippen LogP contribution in [-0.4, -0.2) is 11.7 Å². The molecule has 1 heterocycles. The van der Waals surface area contributed by atoms with Gasteiger partial charge < -0.3 is 5.32 Å². The van der Waals surface area contributed by atoms with Gasteiger partial charge >= 0.3 is 0 Å². The van der Waals surface area contributed by atoms with Crippen LogP contribution in [0.4, 0.5) is 10.1 Å². The fraction of sp³-hybridized carbons (Fsp3) is 0.111. The fourth-order valence-corrected chi connectivity index (χ4v) is 1.48. The van der Waals surface area contributed by atoms with Gasteiger partial charge in [0.05, 0.1) is 5.02 Å². The summed E-state index contributed by atoms with van der Waals surface area (Å²) in [5.41, 5.74) is 0.859. The van der Waals surface area contributed by atoms with Crippen LogP contribution in [0.25, 0.3) is 0 Å². The predicted molar refractivity (Wildman–Crippen MR) is 48.8 cm³/mol. The van der Waals surface area contributed by atoms with E-state index in [1.807, 2.05) is 0 Å². The molecule has 1 N–H and O–H groups in total. The lowest BCUT2D eigenvalue weighted by atomic mass is 10.0. The molecule has 0 spiro atoms. The quantitative estimate of drug-likeness (QED) is 0.665. The van der Waals surface area contributed by atoms with Crippen LogP contribution in [0.15, 0.2) is 12.1 Å². The minimum atomic E-state index is -0.709. The highest BCUT2D eigenvalue weighted by Gasteiger charge is 2.24. The summed E-state index contributed by atoms with van der Waals surface area (Å²) in [7, 11) is 0. The molecule has 1 aliphatic rings.